The smallest absolute Gasteiger partial charge is 0.257 e. The van der Waals surface area contributed by atoms with Crippen LogP contribution in [-0.4, -0.2) is 69.0 Å². The second-order valence-electron chi connectivity index (χ2n) is 6.71. The van der Waals surface area contributed by atoms with Crippen molar-refractivity contribution in [2.75, 3.05) is 47.4 Å². The van der Waals surface area contributed by atoms with Crippen molar-refractivity contribution >= 4 is 11.8 Å². The molecular weight excluding hydrogens is 318 g/mol. The van der Waals surface area contributed by atoms with E-state index < -0.39 is 0 Å². The van der Waals surface area contributed by atoms with Crippen LogP contribution in [0.4, 0.5) is 0 Å². The van der Waals surface area contributed by atoms with Crippen LogP contribution in [0.15, 0.2) is 24.3 Å². The molecule has 0 saturated carbocycles. The van der Waals surface area contributed by atoms with Crippen molar-refractivity contribution in [2.45, 2.75) is 19.3 Å². The first-order valence-corrected chi connectivity index (χ1v) is 8.87. The van der Waals surface area contributed by atoms with Gasteiger partial charge in [-0.3, -0.25) is 9.59 Å². The Labute approximate surface area is 150 Å². The van der Waals surface area contributed by atoms with Crippen LogP contribution in [0.25, 0.3) is 0 Å². The van der Waals surface area contributed by atoms with Gasteiger partial charge in [0.2, 0.25) is 5.91 Å². The average molecular weight is 347 g/mol. The van der Waals surface area contributed by atoms with Crippen LogP contribution < -0.4 is 10.1 Å². The highest BCUT2D eigenvalue weighted by atomic mass is 16.5. The number of nitrogens with zero attached hydrogens (tertiary/aromatic N) is 2. The van der Waals surface area contributed by atoms with Crippen molar-refractivity contribution in [3.63, 3.8) is 0 Å². The van der Waals surface area contributed by atoms with E-state index in [1.807, 2.05) is 31.1 Å². The summed E-state index contributed by atoms with van der Waals surface area (Å²) in [4.78, 5) is 28.8. The van der Waals surface area contributed by atoms with Gasteiger partial charge in [0.25, 0.3) is 5.91 Å². The average Bonchev–Trinajstić information content (AvgIpc) is 2.64. The molecule has 1 aromatic rings. The summed E-state index contributed by atoms with van der Waals surface area (Å²) in [5.74, 6) is 0.680. The Morgan fingerprint density at radius 2 is 1.92 bits per heavy atom. The Bertz CT molecular complexity index is 581. The standard InChI is InChI=1S/C19H29N3O3/c1-21(2)12-6-11-20-18(23)15-9-13-22(14-10-15)19(24)16-7-4-5-8-17(16)25-3/h4-5,7-8,15H,6,9-14H2,1-3H3,(H,20,23). The fraction of sp³-hybridized carbons (Fsp3) is 0.579. The lowest BCUT2D eigenvalue weighted by Crippen LogP contribution is -2.43. The first-order valence-electron chi connectivity index (χ1n) is 8.87. The van der Waals surface area contributed by atoms with Crippen LogP contribution >= 0.6 is 0 Å². The zero-order chi connectivity index (χ0) is 18.2. The molecule has 0 radical (unpaired) electrons. The lowest BCUT2D eigenvalue weighted by Gasteiger charge is -2.31. The zero-order valence-corrected chi connectivity index (χ0v) is 15.5. The normalized spacial score (nSPS) is 15.3. The molecule has 2 rings (SSSR count). The minimum atomic E-state index is -0.0257. The lowest BCUT2D eigenvalue weighted by atomic mass is 9.95. The molecule has 1 heterocycles. The number of rotatable bonds is 7. The molecule has 2 amide bonds. The molecule has 0 spiro atoms. The summed E-state index contributed by atoms with van der Waals surface area (Å²) < 4.78 is 5.27. The summed E-state index contributed by atoms with van der Waals surface area (Å²) in [7, 11) is 5.62. The van der Waals surface area contributed by atoms with E-state index in [1.54, 1.807) is 19.2 Å². The van der Waals surface area contributed by atoms with Crippen molar-refractivity contribution < 1.29 is 14.3 Å². The van der Waals surface area contributed by atoms with Crippen LogP contribution in [0.3, 0.4) is 0 Å². The number of methoxy groups -OCH3 is 1. The van der Waals surface area contributed by atoms with Gasteiger partial charge in [0.05, 0.1) is 12.7 Å². The molecule has 0 unspecified atom stereocenters. The fourth-order valence-corrected chi connectivity index (χ4v) is 3.09. The molecule has 138 valence electrons. The van der Waals surface area contributed by atoms with Crippen molar-refractivity contribution in [2.24, 2.45) is 5.92 Å². The Morgan fingerprint density at radius 3 is 2.56 bits per heavy atom. The Hall–Kier alpha value is -2.08. The van der Waals surface area contributed by atoms with Gasteiger partial charge in [-0.15, -0.1) is 0 Å². The van der Waals surface area contributed by atoms with Crippen LogP contribution in [-0.2, 0) is 4.79 Å². The minimum Gasteiger partial charge on any atom is -0.496 e. The van der Waals surface area contributed by atoms with Crippen LogP contribution in [0.5, 0.6) is 5.75 Å². The molecule has 1 fully saturated rings. The molecule has 6 heteroatoms. The largest absolute Gasteiger partial charge is 0.496 e. The third kappa shape index (κ3) is 5.46. The quantitative estimate of drug-likeness (QED) is 0.762. The second-order valence-corrected chi connectivity index (χ2v) is 6.71. The first kappa shape index (κ1) is 19.2. The summed E-state index contributed by atoms with van der Waals surface area (Å²) in [5.41, 5.74) is 0.580. The maximum absolute atomic E-state index is 12.7. The Morgan fingerprint density at radius 1 is 1.24 bits per heavy atom. The van der Waals surface area contributed by atoms with Crippen LogP contribution in [0.2, 0.25) is 0 Å². The van der Waals surface area contributed by atoms with Gasteiger partial charge < -0.3 is 19.9 Å². The predicted octanol–water partition coefficient (Wildman–Crippen LogP) is 1.62. The Balaban J connectivity index is 1.81. The zero-order valence-electron chi connectivity index (χ0n) is 15.5. The maximum atomic E-state index is 12.7. The van der Waals surface area contributed by atoms with Crippen molar-refractivity contribution in [1.82, 2.24) is 15.1 Å². The Kier molecular flexibility index (Phi) is 7.25. The summed E-state index contributed by atoms with van der Waals surface area (Å²) in [6.07, 6.45) is 2.37. The number of amides is 2. The minimum absolute atomic E-state index is 0.000995. The number of hydrogen-bond donors (Lipinski definition) is 1. The van der Waals surface area contributed by atoms with Gasteiger partial charge in [-0.1, -0.05) is 12.1 Å². The fourth-order valence-electron chi connectivity index (χ4n) is 3.09. The number of piperidine rings is 1. The molecule has 1 aliphatic heterocycles. The van der Waals surface area contributed by atoms with E-state index in [0.29, 0.717) is 43.8 Å². The molecule has 0 aromatic heterocycles. The van der Waals surface area contributed by atoms with Crippen LogP contribution in [0, 0.1) is 5.92 Å². The summed E-state index contributed by atoms with van der Waals surface area (Å²) in [6, 6.07) is 7.26. The number of carbonyl (C=O) groups is 2. The third-order valence-electron chi connectivity index (χ3n) is 4.57. The number of ether oxygens (including phenoxy) is 1. The van der Waals surface area contributed by atoms with E-state index in [-0.39, 0.29) is 17.7 Å². The highest BCUT2D eigenvalue weighted by molar-refractivity contribution is 5.97. The van der Waals surface area contributed by atoms with Gasteiger partial charge in [0.1, 0.15) is 5.75 Å². The van der Waals surface area contributed by atoms with E-state index in [9.17, 15) is 9.59 Å². The lowest BCUT2D eigenvalue weighted by molar-refractivity contribution is -0.126. The highest BCUT2D eigenvalue weighted by Gasteiger charge is 2.28. The van der Waals surface area contributed by atoms with Crippen molar-refractivity contribution in [3.8, 4) is 5.75 Å². The molecule has 0 atom stereocenters. The molecule has 25 heavy (non-hydrogen) atoms. The van der Waals surface area contributed by atoms with Gasteiger partial charge in [-0.2, -0.15) is 0 Å². The molecule has 1 N–H and O–H groups in total. The van der Waals surface area contributed by atoms with E-state index in [0.717, 1.165) is 13.0 Å². The number of nitrogens with one attached hydrogen (secondary N) is 1. The van der Waals surface area contributed by atoms with Crippen molar-refractivity contribution in [3.05, 3.63) is 29.8 Å². The molecule has 1 aromatic carbocycles. The van der Waals surface area contributed by atoms with Gasteiger partial charge in [-0.05, 0) is 52.0 Å². The first-order chi connectivity index (χ1) is 12.0. The highest BCUT2D eigenvalue weighted by Crippen LogP contribution is 2.23. The predicted molar refractivity (Wildman–Crippen MR) is 97.8 cm³/mol. The molecule has 0 bridgehead atoms. The SMILES string of the molecule is COc1ccccc1C(=O)N1CCC(C(=O)NCCCN(C)C)CC1. The molecule has 1 aliphatic rings. The van der Waals surface area contributed by atoms with Gasteiger partial charge in [0, 0.05) is 25.6 Å². The number of para-hydroxylation sites is 1. The molecule has 1 saturated heterocycles. The monoisotopic (exact) mass is 347 g/mol. The summed E-state index contributed by atoms with van der Waals surface area (Å²) >= 11 is 0. The van der Waals surface area contributed by atoms with Gasteiger partial charge in [0.15, 0.2) is 0 Å². The van der Waals surface area contributed by atoms with Gasteiger partial charge in [-0.25, -0.2) is 0 Å². The molecular formula is C19H29N3O3. The van der Waals surface area contributed by atoms with E-state index >= 15 is 0 Å². The third-order valence-corrected chi connectivity index (χ3v) is 4.57. The summed E-state index contributed by atoms with van der Waals surface area (Å²) in [6.45, 7) is 2.88. The maximum Gasteiger partial charge on any atom is 0.257 e. The van der Waals surface area contributed by atoms with E-state index in [2.05, 4.69) is 10.2 Å². The second kappa shape index (κ2) is 9.42. The van der Waals surface area contributed by atoms with Gasteiger partial charge >= 0.3 is 0 Å². The summed E-state index contributed by atoms with van der Waals surface area (Å²) in [5, 5.41) is 3.01. The molecule has 6 nitrogen and oxygen atoms in total. The number of likely N-dealkylation sites (tertiary alicyclic amines) is 1. The van der Waals surface area contributed by atoms with E-state index in [1.165, 1.54) is 0 Å². The number of hydrogen-bond acceptors (Lipinski definition) is 4. The number of carbonyl (C=O) groups excluding carboxylic acids is 2. The topological polar surface area (TPSA) is 61.9 Å². The van der Waals surface area contributed by atoms with Crippen molar-refractivity contribution in [1.29, 1.82) is 0 Å². The molecule has 0 aliphatic carbocycles. The van der Waals surface area contributed by atoms with E-state index in [4.69, 9.17) is 4.74 Å². The van der Waals surface area contributed by atoms with Crippen LogP contribution in [0.1, 0.15) is 29.6 Å². The number of benzene rings is 1.